The van der Waals surface area contributed by atoms with E-state index < -0.39 is 0 Å². The van der Waals surface area contributed by atoms with Crippen LogP contribution in [0.25, 0.3) is 0 Å². The second kappa shape index (κ2) is 8.88. The fraction of sp³-hybridized carbons (Fsp3) is 0.280. The van der Waals surface area contributed by atoms with Crippen LogP contribution in [0.15, 0.2) is 72.9 Å². The number of piperazine rings is 1. The van der Waals surface area contributed by atoms with Gasteiger partial charge < -0.3 is 19.5 Å². The Balaban J connectivity index is 1.17. The molecule has 7 nitrogen and oxygen atoms in total. The zero-order chi connectivity index (χ0) is 21.9. The fourth-order valence-electron chi connectivity index (χ4n) is 4.43. The van der Waals surface area contributed by atoms with Crippen LogP contribution in [0.4, 0.5) is 5.69 Å². The van der Waals surface area contributed by atoms with Crippen molar-refractivity contribution in [3.05, 3.63) is 78.6 Å². The van der Waals surface area contributed by atoms with E-state index >= 15 is 0 Å². The lowest BCUT2D eigenvalue weighted by Crippen LogP contribution is -2.52. The van der Waals surface area contributed by atoms with Crippen LogP contribution in [-0.2, 0) is 4.79 Å². The number of rotatable bonds is 5. The van der Waals surface area contributed by atoms with E-state index in [1.54, 1.807) is 12.3 Å². The maximum absolute atomic E-state index is 12.7. The Kier molecular flexibility index (Phi) is 5.64. The molecule has 0 bridgehead atoms. The highest BCUT2D eigenvalue weighted by molar-refractivity contribution is 5.96. The van der Waals surface area contributed by atoms with Crippen LogP contribution in [-0.4, -0.2) is 65.4 Å². The van der Waals surface area contributed by atoms with Gasteiger partial charge in [0.2, 0.25) is 5.91 Å². The van der Waals surface area contributed by atoms with Crippen molar-refractivity contribution in [1.82, 2.24) is 14.8 Å². The topological polar surface area (TPSA) is 68.9 Å². The van der Waals surface area contributed by atoms with E-state index in [-0.39, 0.29) is 17.9 Å². The van der Waals surface area contributed by atoms with Gasteiger partial charge in [-0.25, -0.2) is 0 Å². The molecule has 2 aliphatic heterocycles. The molecule has 0 saturated carbocycles. The number of anilines is 1. The molecule has 0 spiro atoms. The highest BCUT2D eigenvalue weighted by Gasteiger charge is 2.36. The minimum Gasteiger partial charge on any atom is -0.457 e. The van der Waals surface area contributed by atoms with Crippen LogP contribution < -0.4 is 9.64 Å². The first-order valence-corrected chi connectivity index (χ1v) is 11.0. The maximum atomic E-state index is 12.7. The molecule has 3 heterocycles. The van der Waals surface area contributed by atoms with Crippen molar-refractivity contribution in [3.8, 4) is 11.5 Å². The molecule has 2 aromatic carbocycles. The monoisotopic (exact) mass is 430 g/mol. The molecule has 1 N–H and O–H groups in total. The molecule has 2 fully saturated rings. The van der Waals surface area contributed by atoms with E-state index in [4.69, 9.17) is 4.74 Å². The smallest absolute Gasteiger partial charge is 0.270 e. The molecule has 32 heavy (non-hydrogen) atoms. The first-order valence-electron chi connectivity index (χ1n) is 11.0. The van der Waals surface area contributed by atoms with Crippen molar-refractivity contribution < 1.29 is 14.3 Å². The van der Waals surface area contributed by atoms with Gasteiger partial charge in [0, 0.05) is 57.1 Å². The Morgan fingerprint density at radius 2 is 1.59 bits per heavy atom. The lowest BCUT2D eigenvalue weighted by molar-refractivity contribution is -0.117. The molecule has 0 radical (unpaired) electrons. The SMILES string of the molecule is O=C(c1ccc[nH]1)N1CCN(C2CC(=O)N(c3ccc(Oc4ccccc4)cc3)C2)CC1. The zero-order valence-electron chi connectivity index (χ0n) is 17.8. The van der Waals surface area contributed by atoms with Crippen molar-refractivity contribution in [2.24, 2.45) is 0 Å². The number of nitrogens with one attached hydrogen (secondary N) is 1. The molecule has 3 aromatic rings. The van der Waals surface area contributed by atoms with Gasteiger partial charge in [-0.05, 0) is 48.5 Å². The Bertz CT molecular complexity index is 1060. The van der Waals surface area contributed by atoms with Gasteiger partial charge in [0.1, 0.15) is 17.2 Å². The van der Waals surface area contributed by atoms with Crippen molar-refractivity contribution in [3.63, 3.8) is 0 Å². The second-order valence-electron chi connectivity index (χ2n) is 8.18. The van der Waals surface area contributed by atoms with Crippen molar-refractivity contribution >= 4 is 17.5 Å². The molecule has 164 valence electrons. The summed E-state index contributed by atoms with van der Waals surface area (Å²) in [6.45, 7) is 3.58. The molecule has 7 heteroatoms. The average molecular weight is 431 g/mol. The number of amides is 2. The van der Waals surface area contributed by atoms with E-state index in [2.05, 4.69) is 9.88 Å². The predicted molar refractivity (Wildman–Crippen MR) is 122 cm³/mol. The van der Waals surface area contributed by atoms with Gasteiger partial charge in [0.25, 0.3) is 5.91 Å². The highest BCUT2D eigenvalue weighted by atomic mass is 16.5. The minimum atomic E-state index is 0.0385. The standard InChI is InChI=1S/C25H26N4O3/c30-24-17-20(27-13-15-28(16-14-27)25(31)23-7-4-12-26-23)18-29(24)19-8-10-22(11-9-19)32-21-5-2-1-3-6-21/h1-12,20,26H,13-18H2. The predicted octanol–water partition coefficient (Wildman–Crippen LogP) is 3.37. The van der Waals surface area contributed by atoms with Gasteiger partial charge in [-0.1, -0.05) is 18.2 Å². The van der Waals surface area contributed by atoms with Gasteiger partial charge in [-0.15, -0.1) is 0 Å². The molecular formula is C25H26N4O3. The number of benzene rings is 2. The van der Waals surface area contributed by atoms with Crippen LogP contribution in [0.3, 0.4) is 0 Å². The van der Waals surface area contributed by atoms with Crippen molar-refractivity contribution in [2.45, 2.75) is 12.5 Å². The molecule has 2 aliphatic rings. The van der Waals surface area contributed by atoms with Crippen LogP contribution >= 0.6 is 0 Å². The van der Waals surface area contributed by atoms with Crippen LogP contribution in [0.1, 0.15) is 16.9 Å². The van der Waals surface area contributed by atoms with E-state index in [0.29, 0.717) is 31.7 Å². The van der Waals surface area contributed by atoms with Crippen LogP contribution in [0.5, 0.6) is 11.5 Å². The van der Waals surface area contributed by atoms with E-state index in [1.165, 1.54) is 0 Å². The number of H-pyrrole nitrogens is 1. The quantitative estimate of drug-likeness (QED) is 0.674. The first-order chi connectivity index (χ1) is 15.7. The summed E-state index contributed by atoms with van der Waals surface area (Å²) in [4.78, 5) is 34.3. The summed E-state index contributed by atoms with van der Waals surface area (Å²) in [6, 6.07) is 21.1. The lowest BCUT2D eigenvalue weighted by Gasteiger charge is -2.37. The number of para-hydroxylation sites is 1. The molecule has 1 atom stereocenters. The number of carbonyl (C=O) groups is 2. The summed E-state index contributed by atoms with van der Waals surface area (Å²) in [7, 11) is 0. The Labute approximate surface area is 187 Å². The lowest BCUT2D eigenvalue weighted by atomic mass is 10.2. The summed E-state index contributed by atoms with van der Waals surface area (Å²) in [5.41, 5.74) is 1.51. The summed E-state index contributed by atoms with van der Waals surface area (Å²) in [6.07, 6.45) is 2.27. The molecule has 5 rings (SSSR count). The number of hydrogen-bond donors (Lipinski definition) is 1. The Hall–Kier alpha value is -3.58. The molecule has 1 unspecified atom stereocenters. The van der Waals surface area contributed by atoms with Crippen LogP contribution in [0, 0.1) is 0 Å². The summed E-state index contributed by atoms with van der Waals surface area (Å²) in [5.74, 6) is 1.70. The second-order valence-corrected chi connectivity index (χ2v) is 8.18. The number of aromatic nitrogens is 1. The summed E-state index contributed by atoms with van der Waals surface area (Å²) >= 11 is 0. The number of carbonyl (C=O) groups excluding carboxylic acids is 2. The summed E-state index contributed by atoms with van der Waals surface area (Å²) < 4.78 is 5.85. The van der Waals surface area contributed by atoms with Gasteiger partial charge in [-0.3, -0.25) is 14.5 Å². The molecule has 1 aromatic heterocycles. The zero-order valence-corrected chi connectivity index (χ0v) is 17.8. The fourth-order valence-corrected chi connectivity index (χ4v) is 4.43. The number of ether oxygens (including phenoxy) is 1. The minimum absolute atomic E-state index is 0.0385. The van der Waals surface area contributed by atoms with Gasteiger partial charge in [0.15, 0.2) is 0 Å². The summed E-state index contributed by atoms with van der Waals surface area (Å²) in [5, 5.41) is 0. The molecule has 2 amide bonds. The maximum Gasteiger partial charge on any atom is 0.270 e. The molecular weight excluding hydrogens is 404 g/mol. The third kappa shape index (κ3) is 4.24. The van der Waals surface area contributed by atoms with E-state index in [0.717, 1.165) is 30.3 Å². The third-order valence-corrected chi connectivity index (χ3v) is 6.18. The van der Waals surface area contributed by atoms with Crippen molar-refractivity contribution in [2.75, 3.05) is 37.6 Å². The first kappa shape index (κ1) is 20.3. The Morgan fingerprint density at radius 1 is 0.875 bits per heavy atom. The van der Waals surface area contributed by atoms with Crippen molar-refractivity contribution in [1.29, 1.82) is 0 Å². The van der Waals surface area contributed by atoms with E-state index in [9.17, 15) is 9.59 Å². The molecule has 0 aliphatic carbocycles. The van der Waals surface area contributed by atoms with E-state index in [1.807, 2.05) is 70.5 Å². The third-order valence-electron chi connectivity index (χ3n) is 6.18. The van der Waals surface area contributed by atoms with Gasteiger partial charge in [0.05, 0.1) is 0 Å². The Morgan fingerprint density at radius 3 is 2.28 bits per heavy atom. The largest absolute Gasteiger partial charge is 0.457 e. The normalized spacial score (nSPS) is 19.4. The van der Waals surface area contributed by atoms with Crippen LogP contribution in [0.2, 0.25) is 0 Å². The average Bonchev–Trinajstić information content (AvgIpc) is 3.50. The number of hydrogen-bond acceptors (Lipinski definition) is 4. The van der Waals surface area contributed by atoms with Gasteiger partial charge >= 0.3 is 0 Å². The molecule has 2 saturated heterocycles. The number of nitrogens with zero attached hydrogens (tertiary/aromatic N) is 3. The highest BCUT2D eigenvalue weighted by Crippen LogP contribution is 2.28. The number of aromatic amines is 1. The van der Waals surface area contributed by atoms with Gasteiger partial charge in [-0.2, -0.15) is 0 Å².